The molecule has 0 spiro atoms. The number of aromatic nitrogens is 4. The van der Waals surface area contributed by atoms with Crippen molar-refractivity contribution in [2.24, 2.45) is 7.05 Å². The van der Waals surface area contributed by atoms with Gasteiger partial charge in [0.15, 0.2) is 0 Å². The van der Waals surface area contributed by atoms with Gasteiger partial charge in [0.25, 0.3) is 0 Å². The molecule has 90 valence electrons. The Bertz CT molecular complexity index is 505. The minimum absolute atomic E-state index is 0.231. The Morgan fingerprint density at radius 2 is 2.12 bits per heavy atom. The summed E-state index contributed by atoms with van der Waals surface area (Å²) in [7, 11) is 1.85. The minimum atomic E-state index is 0.231. The molecule has 2 rings (SSSR count). The normalized spacial score (nSPS) is 10.2. The maximum absolute atomic E-state index is 5.63. The first-order chi connectivity index (χ1) is 8.17. The number of nitrogens with two attached hydrogens (primary N) is 1. The smallest absolute Gasteiger partial charge is 0.223 e. The number of nitrogens with zero attached hydrogens (tertiary/aromatic N) is 4. The summed E-state index contributed by atoms with van der Waals surface area (Å²) < 4.78 is 1.71. The second-order valence-electron chi connectivity index (χ2n) is 3.55. The zero-order valence-corrected chi connectivity index (χ0v) is 9.81. The van der Waals surface area contributed by atoms with Crippen LogP contribution in [0.5, 0.6) is 0 Å². The lowest BCUT2D eigenvalue weighted by atomic mass is 10.4. The molecule has 0 aliphatic heterocycles. The lowest BCUT2D eigenvalue weighted by Gasteiger charge is -2.07. The first-order valence-corrected chi connectivity index (χ1v) is 5.31. The Morgan fingerprint density at radius 3 is 2.76 bits per heavy atom. The fourth-order valence-corrected chi connectivity index (χ4v) is 1.44. The Labute approximate surface area is 99.1 Å². The third kappa shape index (κ3) is 2.83. The largest absolute Gasteiger partial charge is 0.370 e. The van der Waals surface area contributed by atoms with Crippen LogP contribution in [0, 0.1) is 0 Å². The molecule has 7 nitrogen and oxygen atoms in total. The van der Waals surface area contributed by atoms with Crippen molar-refractivity contribution in [2.75, 3.05) is 22.9 Å². The van der Waals surface area contributed by atoms with Crippen molar-refractivity contribution >= 4 is 23.3 Å². The van der Waals surface area contributed by atoms with Gasteiger partial charge in [-0.1, -0.05) is 0 Å². The van der Waals surface area contributed by atoms with Crippen LogP contribution in [0.25, 0.3) is 0 Å². The Morgan fingerprint density at radius 1 is 1.35 bits per heavy atom. The lowest BCUT2D eigenvalue weighted by molar-refractivity contribution is 0.768. The molecule has 0 saturated heterocycles. The average Bonchev–Trinajstić information content (AvgIpc) is 2.63. The van der Waals surface area contributed by atoms with E-state index in [-0.39, 0.29) is 5.95 Å². The summed E-state index contributed by atoms with van der Waals surface area (Å²) in [5.41, 5.74) is 6.48. The monoisotopic (exact) mass is 233 g/mol. The van der Waals surface area contributed by atoms with Crippen molar-refractivity contribution in [1.82, 2.24) is 19.7 Å². The summed E-state index contributed by atoms with van der Waals surface area (Å²) in [4.78, 5) is 8.16. The van der Waals surface area contributed by atoms with Crippen LogP contribution in [-0.4, -0.2) is 26.3 Å². The molecule has 0 amide bonds. The summed E-state index contributed by atoms with van der Waals surface area (Å²) in [5, 5.41) is 10.3. The molecule has 2 aromatic rings. The Hall–Kier alpha value is -2.31. The fourth-order valence-electron chi connectivity index (χ4n) is 1.44. The van der Waals surface area contributed by atoms with E-state index in [4.69, 9.17) is 5.73 Å². The predicted octanol–water partition coefficient (Wildman–Crippen LogP) is 0.968. The SMILES string of the molecule is CCNc1cc(Nc2cnn(C)c2)nc(N)n1. The van der Waals surface area contributed by atoms with Crippen LogP contribution in [0.3, 0.4) is 0 Å². The van der Waals surface area contributed by atoms with E-state index in [1.165, 1.54) is 0 Å². The van der Waals surface area contributed by atoms with Crippen molar-refractivity contribution in [3.63, 3.8) is 0 Å². The van der Waals surface area contributed by atoms with E-state index in [1.54, 1.807) is 16.9 Å². The first-order valence-electron chi connectivity index (χ1n) is 5.31. The van der Waals surface area contributed by atoms with Gasteiger partial charge in [0.2, 0.25) is 5.95 Å². The maximum atomic E-state index is 5.63. The van der Waals surface area contributed by atoms with Gasteiger partial charge in [0.1, 0.15) is 11.6 Å². The third-order valence-corrected chi connectivity index (χ3v) is 2.08. The van der Waals surface area contributed by atoms with Crippen molar-refractivity contribution in [3.05, 3.63) is 18.5 Å². The highest BCUT2D eigenvalue weighted by Gasteiger charge is 2.03. The van der Waals surface area contributed by atoms with Crippen molar-refractivity contribution in [1.29, 1.82) is 0 Å². The zero-order valence-electron chi connectivity index (χ0n) is 9.81. The molecule has 4 N–H and O–H groups in total. The van der Waals surface area contributed by atoms with Crippen LogP contribution in [0.4, 0.5) is 23.3 Å². The molecule has 0 radical (unpaired) electrons. The van der Waals surface area contributed by atoms with Gasteiger partial charge in [-0.15, -0.1) is 0 Å². The Kier molecular flexibility index (Phi) is 3.08. The second kappa shape index (κ2) is 4.69. The van der Waals surface area contributed by atoms with Gasteiger partial charge in [-0.3, -0.25) is 4.68 Å². The van der Waals surface area contributed by atoms with Gasteiger partial charge in [-0.2, -0.15) is 15.1 Å². The van der Waals surface area contributed by atoms with E-state index in [2.05, 4.69) is 25.7 Å². The number of aryl methyl sites for hydroxylation is 1. The molecular weight excluding hydrogens is 218 g/mol. The molecule has 0 aromatic carbocycles. The van der Waals surface area contributed by atoms with Crippen molar-refractivity contribution in [2.45, 2.75) is 6.92 Å². The molecule has 0 atom stereocenters. The van der Waals surface area contributed by atoms with Crippen molar-refractivity contribution < 1.29 is 0 Å². The summed E-state index contributed by atoms with van der Waals surface area (Å²) in [6, 6.07) is 1.80. The maximum Gasteiger partial charge on any atom is 0.223 e. The Balaban J connectivity index is 2.20. The lowest BCUT2D eigenvalue weighted by Crippen LogP contribution is -2.05. The number of nitrogen functional groups attached to an aromatic ring is 1. The van der Waals surface area contributed by atoms with E-state index >= 15 is 0 Å². The molecule has 0 fully saturated rings. The van der Waals surface area contributed by atoms with E-state index in [0.29, 0.717) is 11.6 Å². The summed E-state index contributed by atoms with van der Waals surface area (Å²) in [5.74, 6) is 1.57. The van der Waals surface area contributed by atoms with Crippen LogP contribution >= 0.6 is 0 Å². The first kappa shape index (κ1) is 11.2. The number of anilines is 4. The van der Waals surface area contributed by atoms with Gasteiger partial charge in [0.05, 0.1) is 11.9 Å². The van der Waals surface area contributed by atoms with Crippen LogP contribution in [0.1, 0.15) is 6.92 Å². The van der Waals surface area contributed by atoms with Gasteiger partial charge in [-0.25, -0.2) is 0 Å². The van der Waals surface area contributed by atoms with Crippen molar-refractivity contribution in [3.8, 4) is 0 Å². The molecule has 0 saturated carbocycles. The fraction of sp³-hybridized carbons (Fsp3) is 0.300. The highest BCUT2D eigenvalue weighted by atomic mass is 15.3. The standard InChI is InChI=1S/C10H15N7/c1-3-12-8-4-9(16-10(11)15-8)14-7-5-13-17(2)6-7/h4-6H,3H2,1-2H3,(H4,11,12,14,15,16). The van der Waals surface area contributed by atoms with E-state index < -0.39 is 0 Å². The predicted molar refractivity (Wildman–Crippen MR) is 67.1 cm³/mol. The van der Waals surface area contributed by atoms with Gasteiger partial charge >= 0.3 is 0 Å². The highest BCUT2D eigenvalue weighted by Crippen LogP contribution is 2.17. The van der Waals surface area contributed by atoms with Gasteiger partial charge in [0, 0.05) is 25.9 Å². The highest BCUT2D eigenvalue weighted by molar-refractivity contribution is 5.59. The number of nitrogens with one attached hydrogen (secondary N) is 2. The molecular formula is C10H15N7. The molecule has 0 aliphatic rings. The van der Waals surface area contributed by atoms with E-state index in [1.807, 2.05) is 20.2 Å². The second-order valence-corrected chi connectivity index (χ2v) is 3.55. The van der Waals surface area contributed by atoms with Gasteiger partial charge in [-0.05, 0) is 6.92 Å². The van der Waals surface area contributed by atoms with Crippen LogP contribution in [0.2, 0.25) is 0 Å². The third-order valence-electron chi connectivity index (χ3n) is 2.08. The summed E-state index contributed by atoms with van der Waals surface area (Å²) in [6.45, 7) is 2.77. The van der Waals surface area contributed by atoms with E-state index in [0.717, 1.165) is 12.2 Å². The summed E-state index contributed by atoms with van der Waals surface area (Å²) in [6.07, 6.45) is 3.57. The molecule has 17 heavy (non-hydrogen) atoms. The average molecular weight is 233 g/mol. The molecule has 2 heterocycles. The number of hydrogen-bond donors (Lipinski definition) is 3. The quantitative estimate of drug-likeness (QED) is 0.728. The van der Waals surface area contributed by atoms with Crippen LogP contribution in [-0.2, 0) is 7.05 Å². The zero-order chi connectivity index (χ0) is 12.3. The molecule has 0 aliphatic carbocycles. The topological polar surface area (TPSA) is 93.7 Å². The molecule has 0 bridgehead atoms. The van der Waals surface area contributed by atoms with Crippen LogP contribution in [0.15, 0.2) is 18.5 Å². The molecule has 7 heteroatoms. The van der Waals surface area contributed by atoms with E-state index in [9.17, 15) is 0 Å². The number of rotatable bonds is 4. The molecule has 2 aromatic heterocycles. The van der Waals surface area contributed by atoms with Crippen LogP contribution < -0.4 is 16.4 Å². The summed E-state index contributed by atoms with van der Waals surface area (Å²) >= 11 is 0. The molecule has 0 unspecified atom stereocenters. The number of hydrogen-bond acceptors (Lipinski definition) is 6. The minimum Gasteiger partial charge on any atom is -0.370 e. The van der Waals surface area contributed by atoms with Gasteiger partial charge < -0.3 is 16.4 Å².